The molecule has 0 unspecified atom stereocenters. The molecule has 0 heterocycles. The van der Waals surface area contributed by atoms with E-state index in [1.54, 1.807) is 0 Å². The predicted octanol–water partition coefficient (Wildman–Crippen LogP) is 5.49. The molecule has 19 heavy (non-hydrogen) atoms. The van der Waals surface area contributed by atoms with E-state index >= 15 is 0 Å². The van der Waals surface area contributed by atoms with Gasteiger partial charge in [-0.2, -0.15) is 0 Å². The lowest BCUT2D eigenvalue weighted by molar-refractivity contribution is 0.399. The third-order valence-corrected chi connectivity index (χ3v) is 1.75. The monoisotopic (exact) mass is 262 g/mol. The van der Waals surface area contributed by atoms with Crippen LogP contribution in [0.3, 0.4) is 0 Å². The molecule has 0 bridgehead atoms. The first-order chi connectivity index (χ1) is 9.38. The smallest absolute Gasteiger partial charge is 0.0319 e. The van der Waals surface area contributed by atoms with E-state index in [1.807, 2.05) is 71.0 Å². The summed E-state index contributed by atoms with van der Waals surface area (Å²) in [5.41, 5.74) is 2.42. The number of hydrogen-bond donors (Lipinski definition) is 1. The number of aliphatic hydroxyl groups excluding tert-OH is 1. The van der Waals surface area contributed by atoms with Gasteiger partial charge >= 0.3 is 0 Å². The normalized spacial score (nSPS) is 9.11. The van der Waals surface area contributed by atoms with E-state index in [0.717, 1.165) is 7.11 Å². The third kappa shape index (κ3) is 12.6. The van der Waals surface area contributed by atoms with Crippen LogP contribution in [-0.4, -0.2) is 12.2 Å². The summed E-state index contributed by atoms with van der Waals surface area (Å²) < 4.78 is 0. The zero-order chi connectivity index (χ0) is 15.5. The van der Waals surface area contributed by atoms with Crippen molar-refractivity contribution in [3.05, 3.63) is 66.8 Å². The molecule has 0 atom stereocenters. The lowest BCUT2D eigenvalue weighted by atomic mass is 10.1. The molecule has 1 rings (SSSR count). The lowest BCUT2D eigenvalue weighted by Crippen LogP contribution is -1.78. The Bertz CT molecular complexity index is 321. The molecule has 1 nitrogen and oxygen atoms in total. The van der Waals surface area contributed by atoms with E-state index in [0.29, 0.717) is 0 Å². The average Bonchev–Trinajstić information content (AvgIpc) is 2.54. The molecule has 0 spiro atoms. The first kappa shape index (κ1) is 22.6. The van der Waals surface area contributed by atoms with Gasteiger partial charge < -0.3 is 5.11 Å². The predicted molar refractivity (Wildman–Crippen MR) is 90.3 cm³/mol. The van der Waals surface area contributed by atoms with Crippen LogP contribution in [0.5, 0.6) is 0 Å². The van der Waals surface area contributed by atoms with Crippen LogP contribution in [-0.2, 0) is 0 Å². The minimum absolute atomic E-state index is 1.00. The van der Waals surface area contributed by atoms with Crippen molar-refractivity contribution >= 4 is 5.57 Å². The molecule has 0 aliphatic heterocycles. The van der Waals surface area contributed by atoms with Gasteiger partial charge in [0.15, 0.2) is 0 Å². The van der Waals surface area contributed by atoms with Gasteiger partial charge in [0.05, 0.1) is 0 Å². The van der Waals surface area contributed by atoms with Crippen molar-refractivity contribution in [3.63, 3.8) is 0 Å². The van der Waals surface area contributed by atoms with Crippen LogP contribution >= 0.6 is 0 Å². The Morgan fingerprint density at radius 3 is 1.84 bits per heavy atom. The molecule has 0 saturated carbocycles. The van der Waals surface area contributed by atoms with Gasteiger partial charge in [-0.1, -0.05) is 88.9 Å². The summed E-state index contributed by atoms with van der Waals surface area (Å²) in [4.78, 5) is 0. The molecule has 1 N–H and O–H groups in total. The van der Waals surface area contributed by atoms with E-state index in [-0.39, 0.29) is 0 Å². The maximum atomic E-state index is 7.00. The molecule has 1 aromatic carbocycles. The highest BCUT2D eigenvalue weighted by Crippen LogP contribution is 2.15. The van der Waals surface area contributed by atoms with Crippen molar-refractivity contribution in [1.82, 2.24) is 0 Å². The minimum atomic E-state index is 1.00. The Balaban J connectivity index is -0.000000375. The van der Waals surface area contributed by atoms with Gasteiger partial charge in [-0.25, -0.2) is 0 Å². The molecule has 108 valence electrons. The van der Waals surface area contributed by atoms with Gasteiger partial charge in [0.2, 0.25) is 0 Å². The second-order valence-electron chi connectivity index (χ2n) is 2.72. The third-order valence-electron chi connectivity index (χ3n) is 1.75. The lowest BCUT2D eigenvalue weighted by Gasteiger charge is -1.99. The van der Waals surface area contributed by atoms with E-state index < -0.39 is 0 Å². The Hall–Kier alpha value is -1.60. The van der Waals surface area contributed by atoms with Crippen LogP contribution in [0.2, 0.25) is 0 Å². The zero-order valence-electron chi connectivity index (χ0n) is 13.4. The highest BCUT2D eigenvalue weighted by molar-refractivity contribution is 5.74. The Labute approximate surface area is 120 Å². The van der Waals surface area contributed by atoms with Gasteiger partial charge in [0.1, 0.15) is 0 Å². The quantitative estimate of drug-likeness (QED) is 0.714. The molecule has 0 aliphatic rings. The van der Waals surface area contributed by atoms with Gasteiger partial charge in [-0.15, -0.1) is 0 Å². The number of aliphatic hydroxyl groups is 1. The molecule has 0 amide bonds. The molecular formula is C18H30O. The minimum Gasteiger partial charge on any atom is -0.400 e. The number of benzene rings is 1. The van der Waals surface area contributed by atoms with Crippen molar-refractivity contribution in [2.45, 2.75) is 34.6 Å². The van der Waals surface area contributed by atoms with Crippen LogP contribution in [0.15, 0.2) is 61.2 Å². The largest absolute Gasteiger partial charge is 0.400 e. The summed E-state index contributed by atoms with van der Waals surface area (Å²) >= 11 is 0. The number of hydrogen-bond acceptors (Lipinski definition) is 1. The fourth-order valence-electron chi connectivity index (χ4n) is 1.19. The van der Waals surface area contributed by atoms with Gasteiger partial charge in [0, 0.05) is 7.11 Å². The fourth-order valence-corrected chi connectivity index (χ4v) is 1.19. The van der Waals surface area contributed by atoms with Crippen molar-refractivity contribution < 1.29 is 5.11 Å². The fraction of sp³-hybridized carbons (Fsp3) is 0.333. The molecule has 1 heteroatoms. The number of allylic oxidation sites excluding steroid dienone is 5. The molecular weight excluding hydrogens is 232 g/mol. The van der Waals surface area contributed by atoms with Crippen molar-refractivity contribution in [2.75, 3.05) is 7.11 Å². The van der Waals surface area contributed by atoms with E-state index in [1.165, 1.54) is 11.1 Å². The summed E-state index contributed by atoms with van der Waals surface area (Å²) in [7, 11) is 1.00. The van der Waals surface area contributed by atoms with Crippen molar-refractivity contribution in [3.8, 4) is 0 Å². The average molecular weight is 262 g/mol. The van der Waals surface area contributed by atoms with Crippen LogP contribution < -0.4 is 0 Å². The van der Waals surface area contributed by atoms with Gasteiger partial charge in [-0.3, -0.25) is 0 Å². The standard InChI is InChI=1S/C13H14.2C2H6.CH4O/c1-3-8-12(9-4-2)13-10-6-5-7-11-13;3*1-2/h3-11H,1H2,2H3;2*1-2H3;2H,1H3/b9-4-,12-8+;;;. The SMILES string of the molecule is C=C/C=C(\C=C/C)c1ccccc1.CC.CC.CO. The molecule has 1 aromatic rings. The van der Waals surface area contributed by atoms with E-state index in [4.69, 9.17) is 5.11 Å². The highest BCUT2D eigenvalue weighted by atomic mass is 16.2. The molecule has 0 radical (unpaired) electrons. The van der Waals surface area contributed by atoms with Crippen molar-refractivity contribution in [1.29, 1.82) is 0 Å². The van der Waals surface area contributed by atoms with Crippen LogP contribution in [0, 0.1) is 0 Å². The molecule has 0 aromatic heterocycles. The summed E-state index contributed by atoms with van der Waals surface area (Å²) in [6.07, 6.45) is 7.93. The van der Waals surface area contributed by atoms with Crippen LogP contribution in [0.25, 0.3) is 5.57 Å². The second-order valence-corrected chi connectivity index (χ2v) is 2.72. The van der Waals surface area contributed by atoms with Crippen molar-refractivity contribution in [2.24, 2.45) is 0 Å². The van der Waals surface area contributed by atoms with Gasteiger partial charge in [-0.05, 0) is 18.1 Å². The first-order valence-electron chi connectivity index (χ1n) is 6.84. The maximum absolute atomic E-state index is 7.00. The van der Waals surface area contributed by atoms with Gasteiger partial charge in [0.25, 0.3) is 0 Å². The summed E-state index contributed by atoms with van der Waals surface area (Å²) in [6, 6.07) is 10.3. The van der Waals surface area contributed by atoms with Crippen LogP contribution in [0.1, 0.15) is 40.2 Å². The Kier molecular flexibility index (Phi) is 25.7. The van der Waals surface area contributed by atoms with E-state index in [2.05, 4.69) is 24.8 Å². The Morgan fingerprint density at radius 2 is 1.47 bits per heavy atom. The first-order valence-corrected chi connectivity index (χ1v) is 6.84. The van der Waals surface area contributed by atoms with Crippen LogP contribution in [0.4, 0.5) is 0 Å². The summed E-state index contributed by atoms with van der Waals surface area (Å²) in [5.74, 6) is 0. The second kappa shape index (κ2) is 21.7. The number of rotatable bonds is 3. The molecule has 0 saturated heterocycles. The molecule has 0 fully saturated rings. The zero-order valence-corrected chi connectivity index (χ0v) is 13.4. The summed E-state index contributed by atoms with van der Waals surface area (Å²) in [6.45, 7) is 13.7. The molecule has 0 aliphatic carbocycles. The maximum Gasteiger partial charge on any atom is 0.0319 e. The summed E-state index contributed by atoms with van der Waals surface area (Å²) in [5, 5.41) is 7.00. The van der Waals surface area contributed by atoms with E-state index in [9.17, 15) is 0 Å². The Morgan fingerprint density at radius 1 is 1.00 bits per heavy atom. The topological polar surface area (TPSA) is 20.2 Å². The highest BCUT2D eigenvalue weighted by Gasteiger charge is 1.93.